The number of amides is 1. The second-order valence-electron chi connectivity index (χ2n) is 7.06. The molecule has 1 aromatic heterocycles. The number of nitrogens with one attached hydrogen (secondary N) is 1. The Morgan fingerprint density at radius 1 is 1.11 bits per heavy atom. The molecular formula is C22H30N4O. The monoisotopic (exact) mass is 366 g/mol. The van der Waals surface area contributed by atoms with Crippen LogP contribution in [0.1, 0.15) is 48.2 Å². The van der Waals surface area contributed by atoms with Crippen molar-refractivity contribution in [3.05, 3.63) is 59.3 Å². The fourth-order valence-electron chi connectivity index (χ4n) is 3.55. The number of anilines is 1. The van der Waals surface area contributed by atoms with Crippen molar-refractivity contribution in [2.75, 3.05) is 31.1 Å². The van der Waals surface area contributed by atoms with E-state index in [0.29, 0.717) is 6.54 Å². The second kappa shape index (κ2) is 9.51. The predicted molar refractivity (Wildman–Crippen MR) is 110 cm³/mol. The zero-order chi connectivity index (χ0) is 19.1. The van der Waals surface area contributed by atoms with Crippen LogP contribution in [-0.4, -0.2) is 42.0 Å². The van der Waals surface area contributed by atoms with E-state index in [1.165, 1.54) is 18.4 Å². The molecule has 0 bridgehead atoms. The third-order valence-electron chi connectivity index (χ3n) is 5.14. The lowest BCUT2D eigenvalue weighted by molar-refractivity contribution is 0.0950. The summed E-state index contributed by atoms with van der Waals surface area (Å²) in [4.78, 5) is 21.7. The highest BCUT2D eigenvalue weighted by Gasteiger charge is 2.13. The molecule has 144 valence electrons. The van der Waals surface area contributed by atoms with E-state index in [2.05, 4.69) is 40.0 Å². The first-order valence-electron chi connectivity index (χ1n) is 9.99. The summed E-state index contributed by atoms with van der Waals surface area (Å²) in [6.45, 7) is 9.85. The molecule has 1 saturated heterocycles. The number of benzene rings is 1. The van der Waals surface area contributed by atoms with Crippen molar-refractivity contribution >= 4 is 11.7 Å². The molecule has 1 fully saturated rings. The predicted octanol–water partition coefficient (Wildman–Crippen LogP) is 3.45. The van der Waals surface area contributed by atoms with Gasteiger partial charge in [-0.3, -0.25) is 9.69 Å². The van der Waals surface area contributed by atoms with E-state index in [1.54, 1.807) is 0 Å². The average Bonchev–Trinajstić information content (AvgIpc) is 3.21. The van der Waals surface area contributed by atoms with Crippen molar-refractivity contribution in [3.63, 3.8) is 0 Å². The van der Waals surface area contributed by atoms with Gasteiger partial charge in [-0.1, -0.05) is 18.2 Å². The summed E-state index contributed by atoms with van der Waals surface area (Å²) in [5.74, 6) is 0.941. The Labute approximate surface area is 162 Å². The number of aromatic nitrogens is 1. The molecule has 0 unspecified atom stereocenters. The minimum Gasteiger partial charge on any atom is -0.357 e. The van der Waals surface area contributed by atoms with E-state index >= 15 is 0 Å². The highest BCUT2D eigenvalue weighted by molar-refractivity contribution is 5.94. The van der Waals surface area contributed by atoms with Gasteiger partial charge in [0, 0.05) is 37.9 Å². The first-order valence-corrected chi connectivity index (χ1v) is 9.99. The normalized spacial score (nSPS) is 14.3. The first-order chi connectivity index (χ1) is 13.2. The number of carbonyl (C=O) groups excluding carboxylic acids is 1. The lowest BCUT2D eigenvalue weighted by Gasteiger charge is -2.19. The highest BCUT2D eigenvalue weighted by atomic mass is 16.1. The van der Waals surface area contributed by atoms with E-state index in [0.717, 1.165) is 49.7 Å². The molecular weight excluding hydrogens is 336 g/mol. The van der Waals surface area contributed by atoms with Crippen LogP contribution in [0.25, 0.3) is 0 Å². The van der Waals surface area contributed by atoms with Crippen LogP contribution in [0, 0.1) is 0 Å². The molecule has 1 amide bonds. The zero-order valence-corrected chi connectivity index (χ0v) is 16.4. The van der Waals surface area contributed by atoms with Gasteiger partial charge in [-0.15, -0.1) is 0 Å². The van der Waals surface area contributed by atoms with E-state index in [1.807, 2.05) is 36.5 Å². The molecule has 0 radical (unpaired) electrons. The fraction of sp³-hybridized carbons (Fsp3) is 0.455. The maximum absolute atomic E-state index is 12.5. The van der Waals surface area contributed by atoms with Gasteiger partial charge in [0.2, 0.25) is 0 Å². The Morgan fingerprint density at radius 3 is 2.56 bits per heavy atom. The van der Waals surface area contributed by atoms with Gasteiger partial charge in [-0.25, -0.2) is 4.98 Å². The van der Waals surface area contributed by atoms with Crippen molar-refractivity contribution in [2.45, 2.75) is 39.8 Å². The van der Waals surface area contributed by atoms with E-state index in [9.17, 15) is 4.79 Å². The van der Waals surface area contributed by atoms with Crippen LogP contribution < -0.4 is 10.2 Å². The van der Waals surface area contributed by atoms with Crippen molar-refractivity contribution in [2.24, 2.45) is 0 Å². The summed E-state index contributed by atoms with van der Waals surface area (Å²) >= 11 is 0. The number of hydrogen-bond acceptors (Lipinski definition) is 4. The van der Waals surface area contributed by atoms with E-state index in [4.69, 9.17) is 0 Å². The Kier molecular flexibility index (Phi) is 6.82. The first kappa shape index (κ1) is 19.4. The molecule has 2 aromatic rings. The number of carbonyl (C=O) groups is 1. The number of rotatable bonds is 8. The van der Waals surface area contributed by atoms with Crippen LogP contribution in [0.4, 0.5) is 5.82 Å². The molecule has 2 heterocycles. The maximum Gasteiger partial charge on any atom is 0.251 e. The van der Waals surface area contributed by atoms with Crippen LogP contribution in [0.15, 0.2) is 42.6 Å². The zero-order valence-electron chi connectivity index (χ0n) is 16.4. The summed E-state index contributed by atoms with van der Waals surface area (Å²) in [6.07, 6.45) is 4.40. The molecule has 3 rings (SSSR count). The largest absolute Gasteiger partial charge is 0.357 e. The third kappa shape index (κ3) is 5.30. The Morgan fingerprint density at radius 2 is 1.89 bits per heavy atom. The molecule has 1 aliphatic heterocycles. The van der Waals surface area contributed by atoms with E-state index < -0.39 is 0 Å². The van der Waals surface area contributed by atoms with Crippen LogP contribution in [0.2, 0.25) is 0 Å². The molecule has 5 heteroatoms. The third-order valence-corrected chi connectivity index (χ3v) is 5.14. The molecule has 1 N–H and O–H groups in total. The lowest BCUT2D eigenvalue weighted by Crippen LogP contribution is -2.24. The molecule has 0 saturated carbocycles. The van der Waals surface area contributed by atoms with Gasteiger partial charge in [0.05, 0.1) is 0 Å². The minimum atomic E-state index is -0.0360. The van der Waals surface area contributed by atoms with Crippen molar-refractivity contribution in [1.29, 1.82) is 0 Å². The molecule has 0 spiro atoms. The van der Waals surface area contributed by atoms with Crippen LogP contribution >= 0.6 is 0 Å². The molecule has 0 atom stereocenters. The Hall–Kier alpha value is -2.40. The Balaban J connectivity index is 1.55. The number of hydrogen-bond donors (Lipinski definition) is 1. The number of pyridine rings is 1. The Bertz CT molecular complexity index is 734. The van der Waals surface area contributed by atoms with Crippen LogP contribution in [-0.2, 0) is 13.1 Å². The SMILES string of the molecule is CCN(CC)c1ccc(CNC(=O)c2cccc(CN3CCCC3)c2)cn1. The maximum atomic E-state index is 12.5. The highest BCUT2D eigenvalue weighted by Crippen LogP contribution is 2.14. The van der Waals surface area contributed by atoms with Crippen LogP contribution in [0.5, 0.6) is 0 Å². The number of nitrogens with zero attached hydrogens (tertiary/aromatic N) is 3. The standard InChI is InChI=1S/C22H30N4O/c1-3-26(4-2)21-11-10-19(15-23-21)16-24-22(27)20-9-7-8-18(14-20)17-25-12-5-6-13-25/h7-11,14-15H,3-6,12-13,16-17H2,1-2H3,(H,24,27). The topological polar surface area (TPSA) is 48.5 Å². The fourth-order valence-corrected chi connectivity index (χ4v) is 3.55. The summed E-state index contributed by atoms with van der Waals surface area (Å²) < 4.78 is 0. The average molecular weight is 367 g/mol. The molecule has 0 aliphatic carbocycles. The molecule has 1 aliphatic rings. The molecule has 27 heavy (non-hydrogen) atoms. The van der Waals surface area contributed by atoms with Crippen molar-refractivity contribution in [1.82, 2.24) is 15.2 Å². The summed E-state index contributed by atoms with van der Waals surface area (Å²) in [5, 5.41) is 3.01. The van der Waals surface area contributed by atoms with Crippen molar-refractivity contribution < 1.29 is 4.79 Å². The van der Waals surface area contributed by atoms with Crippen molar-refractivity contribution in [3.8, 4) is 0 Å². The summed E-state index contributed by atoms with van der Waals surface area (Å²) in [6, 6.07) is 12.0. The van der Waals surface area contributed by atoms with Gasteiger partial charge in [-0.2, -0.15) is 0 Å². The summed E-state index contributed by atoms with van der Waals surface area (Å²) in [7, 11) is 0. The van der Waals surface area contributed by atoms with Gasteiger partial charge in [-0.05, 0) is 69.1 Å². The lowest BCUT2D eigenvalue weighted by atomic mass is 10.1. The van der Waals surface area contributed by atoms with Gasteiger partial charge in [0.25, 0.3) is 5.91 Å². The molecule has 1 aromatic carbocycles. The van der Waals surface area contributed by atoms with E-state index in [-0.39, 0.29) is 5.91 Å². The quantitative estimate of drug-likeness (QED) is 0.777. The summed E-state index contributed by atoms with van der Waals surface area (Å²) in [5.41, 5.74) is 2.93. The van der Waals surface area contributed by atoms with Gasteiger partial charge < -0.3 is 10.2 Å². The molecule has 5 nitrogen and oxygen atoms in total. The minimum absolute atomic E-state index is 0.0360. The van der Waals surface area contributed by atoms with Crippen LogP contribution in [0.3, 0.4) is 0 Å². The van der Waals surface area contributed by atoms with Gasteiger partial charge in [0.1, 0.15) is 5.82 Å². The van der Waals surface area contributed by atoms with Gasteiger partial charge in [0.15, 0.2) is 0 Å². The second-order valence-corrected chi connectivity index (χ2v) is 7.06. The smallest absolute Gasteiger partial charge is 0.251 e. The number of likely N-dealkylation sites (tertiary alicyclic amines) is 1. The van der Waals surface area contributed by atoms with Gasteiger partial charge >= 0.3 is 0 Å².